The molecule has 0 aliphatic carbocycles. The summed E-state index contributed by atoms with van der Waals surface area (Å²) in [7, 11) is 0. The first kappa shape index (κ1) is 14.7. The van der Waals surface area contributed by atoms with E-state index in [0.717, 1.165) is 19.4 Å². The summed E-state index contributed by atoms with van der Waals surface area (Å²) >= 11 is 0. The second-order valence-electron chi connectivity index (χ2n) is 5.11. The Balaban J connectivity index is 2.08. The molecule has 1 unspecified atom stereocenters. The fourth-order valence-electron chi connectivity index (χ4n) is 2.58. The minimum atomic E-state index is -0.731. The predicted molar refractivity (Wildman–Crippen MR) is 71.5 cm³/mol. The topological polar surface area (TPSA) is 88.3 Å². The van der Waals surface area contributed by atoms with E-state index in [0.29, 0.717) is 38.6 Å². The normalized spacial score (nSPS) is 24.6. The molecule has 2 heterocycles. The second kappa shape index (κ2) is 6.65. The van der Waals surface area contributed by atoms with Crippen LogP contribution in [0.2, 0.25) is 0 Å². The van der Waals surface area contributed by atoms with Gasteiger partial charge in [-0.25, -0.2) is 10.1 Å². The fraction of sp³-hybridized carbons (Fsp3) is 0.833. The first-order chi connectivity index (χ1) is 9.61. The Morgan fingerprint density at radius 1 is 1.55 bits per heavy atom. The molecule has 0 spiro atoms. The highest BCUT2D eigenvalue weighted by Gasteiger charge is 2.35. The molecule has 2 rings (SSSR count). The van der Waals surface area contributed by atoms with E-state index in [2.05, 4.69) is 5.10 Å². The summed E-state index contributed by atoms with van der Waals surface area (Å²) < 4.78 is 5.32. The van der Waals surface area contributed by atoms with Crippen LogP contribution in [0.15, 0.2) is 5.10 Å². The number of guanidine groups is 1. The Labute approximate surface area is 117 Å². The van der Waals surface area contributed by atoms with Crippen molar-refractivity contribution in [3.8, 4) is 0 Å². The van der Waals surface area contributed by atoms with E-state index in [4.69, 9.17) is 4.74 Å². The van der Waals surface area contributed by atoms with Crippen molar-refractivity contribution < 1.29 is 14.6 Å². The van der Waals surface area contributed by atoms with Gasteiger partial charge in [0, 0.05) is 38.6 Å². The van der Waals surface area contributed by atoms with E-state index < -0.39 is 5.03 Å². The van der Waals surface area contributed by atoms with Gasteiger partial charge in [-0.3, -0.25) is 9.69 Å². The first-order valence-electron chi connectivity index (χ1n) is 6.98. The van der Waals surface area contributed by atoms with Crippen LogP contribution in [-0.2, 0) is 9.53 Å². The van der Waals surface area contributed by atoms with Crippen LogP contribution in [0.4, 0.5) is 0 Å². The van der Waals surface area contributed by atoms with Crippen LogP contribution in [0.1, 0.15) is 26.2 Å². The maximum atomic E-state index is 12.0. The van der Waals surface area contributed by atoms with Gasteiger partial charge in [0.15, 0.2) is 5.03 Å². The molecule has 0 saturated carbocycles. The molecule has 2 aliphatic heterocycles. The summed E-state index contributed by atoms with van der Waals surface area (Å²) in [5, 5.41) is 13.4. The number of carbonyl (C=O) groups is 1. The van der Waals surface area contributed by atoms with Gasteiger partial charge in [-0.2, -0.15) is 0 Å². The summed E-state index contributed by atoms with van der Waals surface area (Å²) in [5.41, 5.74) is 0. The second-order valence-corrected chi connectivity index (χ2v) is 5.11. The average molecular weight is 284 g/mol. The summed E-state index contributed by atoms with van der Waals surface area (Å²) in [5.74, 6) is 0.437. The van der Waals surface area contributed by atoms with Crippen molar-refractivity contribution in [3.05, 3.63) is 10.1 Å². The third kappa shape index (κ3) is 3.44. The molecule has 0 N–H and O–H groups in total. The fourth-order valence-corrected chi connectivity index (χ4v) is 2.58. The summed E-state index contributed by atoms with van der Waals surface area (Å²) in [6, 6.07) is 0. The summed E-state index contributed by atoms with van der Waals surface area (Å²) in [4.78, 5) is 25.9. The van der Waals surface area contributed by atoms with Gasteiger partial charge in [-0.1, -0.05) is 6.92 Å². The molecule has 8 heteroatoms. The van der Waals surface area contributed by atoms with Crippen molar-refractivity contribution in [1.29, 1.82) is 0 Å². The summed E-state index contributed by atoms with van der Waals surface area (Å²) in [6.45, 7) is 5.04. The Bertz CT molecular complexity index is 406. The Morgan fingerprint density at radius 2 is 2.35 bits per heavy atom. The SMILES string of the molecule is CCCC(=O)N1CCN(CC2CCOC2)C1=N[N+](=O)[O-]. The van der Waals surface area contributed by atoms with Crippen molar-refractivity contribution in [3.63, 3.8) is 0 Å². The van der Waals surface area contributed by atoms with Gasteiger partial charge in [0.05, 0.1) is 6.61 Å². The Kier molecular flexibility index (Phi) is 4.89. The van der Waals surface area contributed by atoms with Crippen LogP contribution < -0.4 is 0 Å². The molecular weight excluding hydrogens is 264 g/mol. The lowest BCUT2D eigenvalue weighted by Crippen LogP contribution is -2.40. The zero-order chi connectivity index (χ0) is 14.5. The molecule has 1 atom stereocenters. The highest BCUT2D eigenvalue weighted by molar-refractivity contribution is 5.98. The minimum absolute atomic E-state index is 0.0988. The van der Waals surface area contributed by atoms with E-state index in [-0.39, 0.29) is 11.9 Å². The highest BCUT2D eigenvalue weighted by Crippen LogP contribution is 2.18. The molecular formula is C12H20N4O4. The van der Waals surface area contributed by atoms with E-state index >= 15 is 0 Å². The molecule has 112 valence electrons. The van der Waals surface area contributed by atoms with Crippen molar-refractivity contribution >= 4 is 11.9 Å². The number of rotatable bonds is 5. The highest BCUT2D eigenvalue weighted by atomic mass is 16.7. The standard InChI is InChI=1S/C12H20N4O4/c1-2-3-11(17)15-6-5-14(12(15)13-16(18)19)8-10-4-7-20-9-10/h10H,2-9H2,1H3. The number of ether oxygens (including phenoxy) is 1. The van der Waals surface area contributed by atoms with Gasteiger partial charge < -0.3 is 9.64 Å². The lowest BCUT2D eigenvalue weighted by molar-refractivity contribution is -0.486. The molecule has 0 aromatic heterocycles. The molecule has 0 aromatic rings. The van der Waals surface area contributed by atoms with Gasteiger partial charge in [0.1, 0.15) is 5.10 Å². The molecule has 2 saturated heterocycles. The first-order valence-corrected chi connectivity index (χ1v) is 6.98. The van der Waals surface area contributed by atoms with E-state index in [1.807, 2.05) is 11.8 Å². The number of hydrogen-bond acceptors (Lipinski definition) is 4. The zero-order valence-electron chi connectivity index (χ0n) is 11.7. The lowest BCUT2D eigenvalue weighted by Gasteiger charge is -2.21. The molecule has 0 radical (unpaired) electrons. The smallest absolute Gasteiger partial charge is 0.280 e. The van der Waals surface area contributed by atoms with Crippen LogP contribution in [0.3, 0.4) is 0 Å². The maximum absolute atomic E-state index is 12.0. The maximum Gasteiger partial charge on any atom is 0.280 e. The van der Waals surface area contributed by atoms with Crippen molar-refractivity contribution in [2.45, 2.75) is 26.2 Å². The number of hydrazone groups is 1. The Hall–Kier alpha value is -1.70. The lowest BCUT2D eigenvalue weighted by atomic mass is 10.1. The van der Waals surface area contributed by atoms with Gasteiger partial charge in [0.25, 0.3) is 5.96 Å². The predicted octanol–water partition coefficient (Wildman–Crippen LogP) is 0.515. The molecule has 2 aliphatic rings. The van der Waals surface area contributed by atoms with Crippen molar-refractivity contribution in [2.24, 2.45) is 11.0 Å². The third-order valence-corrected chi connectivity index (χ3v) is 3.56. The number of nitro groups is 1. The third-order valence-electron chi connectivity index (χ3n) is 3.56. The minimum Gasteiger partial charge on any atom is -0.381 e. The van der Waals surface area contributed by atoms with Crippen LogP contribution in [-0.4, -0.2) is 59.5 Å². The zero-order valence-corrected chi connectivity index (χ0v) is 11.7. The van der Waals surface area contributed by atoms with Crippen LogP contribution >= 0.6 is 0 Å². The average Bonchev–Trinajstić information content (AvgIpc) is 3.01. The monoisotopic (exact) mass is 284 g/mol. The summed E-state index contributed by atoms with van der Waals surface area (Å²) in [6.07, 6.45) is 2.06. The van der Waals surface area contributed by atoms with Gasteiger partial charge >= 0.3 is 0 Å². The largest absolute Gasteiger partial charge is 0.381 e. The van der Waals surface area contributed by atoms with Gasteiger partial charge in [0.2, 0.25) is 5.91 Å². The number of amides is 1. The molecule has 0 bridgehead atoms. The van der Waals surface area contributed by atoms with Gasteiger partial charge in [-0.15, -0.1) is 0 Å². The molecule has 2 fully saturated rings. The molecule has 20 heavy (non-hydrogen) atoms. The van der Waals surface area contributed by atoms with E-state index in [1.165, 1.54) is 4.90 Å². The van der Waals surface area contributed by atoms with E-state index in [9.17, 15) is 14.9 Å². The van der Waals surface area contributed by atoms with Crippen molar-refractivity contribution in [2.75, 3.05) is 32.8 Å². The van der Waals surface area contributed by atoms with Crippen LogP contribution in [0, 0.1) is 16.0 Å². The number of carbonyl (C=O) groups excluding carboxylic acids is 1. The Morgan fingerprint density at radius 3 is 2.95 bits per heavy atom. The molecule has 1 amide bonds. The van der Waals surface area contributed by atoms with Crippen molar-refractivity contribution in [1.82, 2.24) is 9.80 Å². The number of hydrogen-bond donors (Lipinski definition) is 0. The number of nitrogens with zero attached hydrogens (tertiary/aromatic N) is 4. The van der Waals surface area contributed by atoms with Crippen LogP contribution in [0.25, 0.3) is 0 Å². The van der Waals surface area contributed by atoms with E-state index in [1.54, 1.807) is 0 Å². The molecule has 0 aromatic carbocycles. The van der Waals surface area contributed by atoms with Gasteiger partial charge in [-0.05, 0) is 12.8 Å². The quantitative estimate of drug-likeness (QED) is 0.542. The van der Waals surface area contributed by atoms with Crippen LogP contribution in [0.5, 0.6) is 0 Å². The molecule has 8 nitrogen and oxygen atoms in total.